The Morgan fingerprint density at radius 2 is 1.19 bits per heavy atom. The molecule has 1 rings (SSSR count). The van der Waals surface area contributed by atoms with Gasteiger partial charge in [-0.1, -0.05) is 107 Å². The molecule has 1 aromatic carbocycles. The van der Waals surface area contributed by atoms with Crippen LogP contribution in [-0.4, -0.2) is 11.7 Å². The minimum absolute atomic E-state index is 0.362. The lowest BCUT2D eigenvalue weighted by atomic mass is 10.1. The molecule has 156 valence electrons. The van der Waals surface area contributed by atoms with Crippen LogP contribution in [0.2, 0.25) is 0 Å². The van der Waals surface area contributed by atoms with Crippen molar-refractivity contribution in [2.24, 2.45) is 5.73 Å². The summed E-state index contributed by atoms with van der Waals surface area (Å²) in [6.45, 7) is 3.28. The number of aliphatic hydroxyl groups is 1. The molecular weight excluding hydrogens is 330 g/mol. The van der Waals surface area contributed by atoms with E-state index in [-0.39, 0.29) is 0 Å². The van der Waals surface area contributed by atoms with Gasteiger partial charge in [0.1, 0.15) is 0 Å². The fourth-order valence-electron chi connectivity index (χ4n) is 2.97. The quantitative estimate of drug-likeness (QED) is 0.238. The molecule has 2 nitrogen and oxygen atoms in total. The Kier molecular flexibility index (Phi) is 22.0. The highest BCUT2D eigenvalue weighted by molar-refractivity contribution is 5.13. The summed E-state index contributed by atoms with van der Waals surface area (Å²) >= 11 is 0. The molecule has 0 aliphatic heterocycles. The van der Waals surface area contributed by atoms with E-state index in [0.717, 1.165) is 6.42 Å². The largest absolute Gasteiger partial charge is 0.396 e. The van der Waals surface area contributed by atoms with Crippen LogP contribution in [0.4, 0.5) is 0 Å². The SMILES string of the molecule is CCCCCCCC/C=C\CCCCCCCCO.NCc1ccccc1. The van der Waals surface area contributed by atoms with E-state index in [0.29, 0.717) is 13.2 Å². The van der Waals surface area contributed by atoms with Crippen LogP contribution in [0.3, 0.4) is 0 Å². The van der Waals surface area contributed by atoms with Crippen LogP contribution >= 0.6 is 0 Å². The van der Waals surface area contributed by atoms with E-state index in [1.807, 2.05) is 30.3 Å². The van der Waals surface area contributed by atoms with Crippen LogP contribution < -0.4 is 5.73 Å². The van der Waals surface area contributed by atoms with Crippen molar-refractivity contribution in [2.45, 2.75) is 103 Å². The molecule has 27 heavy (non-hydrogen) atoms. The Morgan fingerprint density at radius 3 is 1.63 bits per heavy atom. The maximum absolute atomic E-state index is 8.66. The normalized spacial score (nSPS) is 10.8. The summed E-state index contributed by atoms with van der Waals surface area (Å²) in [5, 5.41) is 8.66. The number of hydrogen-bond donors (Lipinski definition) is 2. The van der Waals surface area contributed by atoms with Gasteiger partial charge >= 0.3 is 0 Å². The number of hydrogen-bond acceptors (Lipinski definition) is 2. The van der Waals surface area contributed by atoms with E-state index in [1.165, 1.54) is 89.0 Å². The molecule has 0 aromatic heterocycles. The van der Waals surface area contributed by atoms with Gasteiger partial charge in [0.15, 0.2) is 0 Å². The first-order valence-electron chi connectivity index (χ1n) is 11.3. The number of allylic oxidation sites excluding steroid dienone is 2. The summed E-state index contributed by atoms with van der Waals surface area (Å²) in [4.78, 5) is 0. The zero-order valence-corrected chi connectivity index (χ0v) is 17.9. The minimum Gasteiger partial charge on any atom is -0.396 e. The first kappa shape index (κ1) is 25.9. The Labute approximate surface area is 169 Å². The highest BCUT2D eigenvalue weighted by Crippen LogP contribution is 2.09. The van der Waals surface area contributed by atoms with E-state index >= 15 is 0 Å². The molecule has 1 aromatic rings. The Morgan fingerprint density at radius 1 is 0.704 bits per heavy atom. The van der Waals surface area contributed by atoms with Crippen molar-refractivity contribution < 1.29 is 5.11 Å². The average molecular weight is 376 g/mol. The molecular formula is C25H45NO. The molecule has 0 radical (unpaired) electrons. The topological polar surface area (TPSA) is 46.2 Å². The van der Waals surface area contributed by atoms with Crippen LogP contribution in [-0.2, 0) is 6.54 Å². The van der Waals surface area contributed by atoms with Crippen molar-refractivity contribution in [3.8, 4) is 0 Å². The maximum Gasteiger partial charge on any atom is 0.0431 e. The van der Waals surface area contributed by atoms with Gasteiger partial charge in [0, 0.05) is 13.2 Å². The van der Waals surface area contributed by atoms with E-state index in [2.05, 4.69) is 19.1 Å². The molecule has 0 heterocycles. The predicted molar refractivity (Wildman–Crippen MR) is 121 cm³/mol. The number of benzene rings is 1. The second-order valence-corrected chi connectivity index (χ2v) is 7.35. The summed E-state index contributed by atoms with van der Waals surface area (Å²) in [5.41, 5.74) is 6.54. The zero-order valence-electron chi connectivity index (χ0n) is 17.9. The van der Waals surface area contributed by atoms with Crippen LogP contribution in [0.25, 0.3) is 0 Å². The molecule has 0 saturated carbocycles. The lowest BCUT2D eigenvalue weighted by Gasteiger charge is -1.99. The standard InChI is InChI=1S/C18H36O.C7H9N/c1-2-3-4-5-6-7-8-9-10-11-12-13-14-15-16-17-18-19;8-6-7-4-2-1-3-5-7/h9-10,19H,2-8,11-18H2,1H3;1-5H,6,8H2/b10-9-;. The van der Waals surface area contributed by atoms with Gasteiger partial charge in [-0.05, 0) is 37.7 Å². The van der Waals surface area contributed by atoms with Gasteiger partial charge in [0.25, 0.3) is 0 Å². The Hall–Kier alpha value is -1.12. The Bertz CT molecular complexity index is 402. The van der Waals surface area contributed by atoms with Crippen LogP contribution in [0.1, 0.15) is 102 Å². The third-order valence-corrected chi connectivity index (χ3v) is 4.75. The summed E-state index contributed by atoms with van der Waals surface area (Å²) < 4.78 is 0. The molecule has 0 atom stereocenters. The molecule has 2 heteroatoms. The fourth-order valence-corrected chi connectivity index (χ4v) is 2.97. The first-order valence-corrected chi connectivity index (χ1v) is 11.3. The van der Waals surface area contributed by atoms with E-state index in [4.69, 9.17) is 10.8 Å². The first-order chi connectivity index (χ1) is 13.3. The van der Waals surface area contributed by atoms with E-state index in [9.17, 15) is 0 Å². The molecule has 0 saturated heterocycles. The summed E-state index contributed by atoms with van der Waals surface area (Å²) in [5.74, 6) is 0. The van der Waals surface area contributed by atoms with E-state index < -0.39 is 0 Å². The number of nitrogens with two attached hydrogens (primary N) is 1. The summed E-state index contributed by atoms with van der Waals surface area (Å²) in [7, 11) is 0. The average Bonchev–Trinajstić information content (AvgIpc) is 2.72. The van der Waals surface area contributed by atoms with Crippen LogP contribution in [0.5, 0.6) is 0 Å². The highest BCUT2D eigenvalue weighted by Gasteiger charge is 1.90. The fraction of sp³-hybridized carbons (Fsp3) is 0.680. The molecule has 0 bridgehead atoms. The Balaban J connectivity index is 0.000000694. The van der Waals surface area contributed by atoms with Crippen molar-refractivity contribution in [3.63, 3.8) is 0 Å². The highest BCUT2D eigenvalue weighted by atomic mass is 16.2. The molecule has 3 N–H and O–H groups in total. The molecule has 0 aliphatic carbocycles. The lowest BCUT2D eigenvalue weighted by molar-refractivity contribution is 0.282. The van der Waals surface area contributed by atoms with Crippen molar-refractivity contribution in [3.05, 3.63) is 48.0 Å². The van der Waals surface area contributed by atoms with Gasteiger partial charge in [-0.2, -0.15) is 0 Å². The molecule has 0 unspecified atom stereocenters. The summed E-state index contributed by atoms with van der Waals surface area (Å²) in [6, 6.07) is 9.99. The third kappa shape index (κ3) is 21.0. The third-order valence-electron chi connectivity index (χ3n) is 4.75. The van der Waals surface area contributed by atoms with Crippen molar-refractivity contribution in [1.29, 1.82) is 0 Å². The summed E-state index contributed by atoms with van der Waals surface area (Å²) in [6.07, 6.45) is 23.2. The second-order valence-electron chi connectivity index (χ2n) is 7.35. The molecule has 0 aliphatic rings. The number of rotatable bonds is 16. The molecule has 0 amide bonds. The second kappa shape index (κ2) is 22.9. The van der Waals surface area contributed by atoms with Gasteiger partial charge in [0.2, 0.25) is 0 Å². The van der Waals surface area contributed by atoms with Crippen LogP contribution in [0, 0.1) is 0 Å². The van der Waals surface area contributed by atoms with E-state index in [1.54, 1.807) is 0 Å². The number of unbranched alkanes of at least 4 members (excludes halogenated alkanes) is 12. The number of aliphatic hydroxyl groups excluding tert-OH is 1. The van der Waals surface area contributed by atoms with Crippen molar-refractivity contribution in [1.82, 2.24) is 0 Å². The smallest absolute Gasteiger partial charge is 0.0431 e. The maximum atomic E-state index is 8.66. The van der Waals surface area contributed by atoms with Crippen molar-refractivity contribution in [2.75, 3.05) is 6.61 Å². The monoisotopic (exact) mass is 375 g/mol. The predicted octanol–water partition coefficient (Wildman–Crippen LogP) is 7.16. The van der Waals surface area contributed by atoms with Gasteiger partial charge in [-0.25, -0.2) is 0 Å². The molecule has 0 fully saturated rings. The van der Waals surface area contributed by atoms with Gasteiger partial charge < -0.3 is 10.8 Å². The zero-order chi connectivity index (χ0) is 19.8. The van der Waals surface area contributed by atoms with Gasteiger partial charge in [-0.15, -0.1) is 0 Å². The minimum atomic E-state index is 0.362. The van der Waals surface area contributed by atoms with Crippen LogP contribution in [0.15, 0.2) is 42.5 Å². The van der Waals surface area contributed by atoms with Gasteiger partial charge in [0.05, 0.1) is 0 Å². The molecule has 0 spiro atoms. The lowest BCUT2D eigenvalue weighted by Crippen LogP contribution is -1.94. The van der Waals surface area contributed by atoms with Crippen molar-refractivity contribution >= 4 is 0 Å². The van der Waals surface area contributed by atoms with Gasteiger partial charge in [-0.3, -0.25) is 0 Å².